The Morgan fingerprint density at radius 2 is 1.94 bits per heavy atom. The van der Waals surface area contributed by atoms with Gasteiger partial charge in [-0.15, -0.1) is 5.54 Å². The van der Waals surface area contributed by atoms with Crippen molar-refractivity contribution in [2.75, 3.05) is 0 Å². The van der Waals surface area contributed by atoms with Crippen LogP contribution in [0.1, 0.15) is 11.1 Å². The van der Waals surface area contributed by atoms with Gasteiger partial charge >= 0.3 is 0 Å². The van der Waals surface area contributed by atoms with E-state index < -0.39 is 18.1 Å². The lowest BCUT2D eigenvalue weighted by atomic mass is 10.1. The van der Waals surface area contributed by atoms with Crippen molar-refractivity contribution < 1.29 is 13.5 Å². The number of rotatable bonds is 2. The fourth-order valence-electron chi connectivity index (χ4n) is 1.32. The Labute approximate surface area is 109 Å². The van der Waals surface area contributed by atoms with Gasteiger partial charge in [-0.2, -0.15) is 0 Å². The SMILES string of the molecule is C[Si](C)(C)C#Cc1ccc(S(N)(=O)=O)c(CO)c1. The fraction of sp³-hybridized carbons (Fsp3) is 0.333. The number of nitrogens with two attached hydrogens (primary N) is 1. The summed E-state index contributed by atoms with van der Waals surface area (Å²) in [5, 5.41) is 14.2. The first kappa shape index (κ1) is 14.9. The zero-order valence-electron chi connectivity index (χ0n) is 10.7. The van der Waals surface area contributed by atoms with E-state index in [2.05, 4.69) is 31.1 Å². The van der Waals surface area contributed by atoms with Gasteiger partial charge in [-0.25, -0.2) is 13.6 Å². The molecule has 1 aromatic carbocycles. The van der Waals surface area contributed by atoms with Crippen LogP contribution in [0.3, 0.4) is 0 Å². The summed E-state index contributed by atoms with van der Waals surface area (Å²) >= 11 is 0. The second-order valence-electron chi connectivity index (χ2n) is 5.03. The van der Waals surface area contributed by atoms with Gasteiger partial charge in [-0.1, -0.05) is 25.6 Å². The minimum Gasteiger partial charge on any atom is -0.392 e. The Bertz CT molecular complexity index is 606. The molecular formula is C12H17NO3SSi. The highest BCUT2D eigenvalue weighted by Gasteiger charge is 2.13. The van der Waals surface area contributed by atoms with Crippen LogP contribution in [0, 0.1) is 11.5 Å². The number of hydrogen-bond acceptors (Lipinski definition) is 3. The minimum absolute atomic E-state index is 0.0523. The highest BCUT2D eigenvalue weighted by atomic mass is 32.2. The van der Waals surface area contributed by atoms with Crippen molar-refractivity contribution in [1.29, 1.82) is 0 Å². The molecule has 0 bridgehead atoms. The van der Waals surface area contributed by atoms with Gasteiger partial charge in [0.1, 0.15) is 8.07 Å². The van der Waals surface area contributed by atoms with Gasteiger partial charge in [-0.3, -0.25) is 0 Å². The summed E-state index contributed by atoms with van der Waals surface area (Å²) in [4.78, 5) is -0.0523. The summed E-state index contributed by atoms with van der Waals surface area (Å²) in [6.45, 7) is 5.97. The average molecular weight is 283 g/mol. The van der Waals surface area contributed by atoms with Crippen molar-refractivity contribution >= 4 is 18.1 Å². The van der Waals surface area contributed by atoms with Crippen LogP contribution in [0.25, 0.3) is 0 Å². The normalized spacial score (nSPS) is 11.8. The van der Waals surface area contributed by atoms with Gasteiger partial charge in [0.2, 0.25) is 10.0 Å². The van der Waals surface area contributed by atoms with E-state index in [1.165, 1.54) is 6.07 Å². The van der Waals surface area contributed by atoms with Crippen molar-refractivity contribution in [2.45, 2.75) is 31.1 Å². The van der Waals surface area contributed by atoms with Gasteiger partial charge in [0, 0.05) is 5.56 Å². The second kappa shape index (κ2) is 5.24. The monoisotopic (exact) mass is 283 g/mol. The van der Waals surface area contributed by atoms with Crippen LogP contribution >= 0.6 is 0 Å². The molecule has 0 atom stereocenters. The van der Waals surface area contributed by atoms with E-state index in [1.807, 2.05) is 0 Å². The highest BCUT2D eigenvalue weighted by molar-refractivity contribution is 7.89. The van der Waals surface area contributed by atoms with Gasteiger partial charge in [0.25, 0.3) is 0 Å². The summed E-state index contributed by atoms with van der Waals surface area (Å²) in [5.74, 6) is 3.00. The van der Waals surface area contributed by atoms with E-state index in [-0.39, 0.29) is 17.1 Å². The molecule has 1 rings (SSSR count). The third-order valence-corrected chi connectivity index (χ3v) is 4.01. The second-order valence-corrected chi connectivity index (χ2v) is 11.3. The standard InChI is InChI=1S/C12H17NO3SSi/c1-18(2,3)7-6-10-4-5-12(17(13,15)16)11(8-10)9-14/h4-5,8,14H,9H2,1-3H3,(H2,13,15,16). The van der Waals surface area contributed by atoms with Gasteiger partial charge in [0.05, 0.1) is 11.5 Å². The molecule has 0 unspecified atom stereocenters. The lowest BCUT2D eigenvalue weighted by Gasteiger charge is -2.06. The molecule has 18 heavy (non-hydrogen) atoms. The fourth-order valence-corrected chi connectivity index (χ4v) is 2.58. The summed E-state index contributed by atoms with van der Waals surface area (Å²) < 4.78 is 22.6. The number of aliphatic hydroxyl groups is 1. The molecule has 0 aliphatic carbocycles. The van der Waals surface area contributed by atoms with Crippen LogP contribution in [-0.2, 0) is 16.6 Å². The van der Waals surface area contributed by atoms with Crippen molar-refractivity contribution in [1.82, 2.24) is 0 Å². The molecule has 0 amide bonds. The van der Waals surface area contributed by atoms with E-state index >= 15 is 0 Å². The maximum atomic E-state index is 11.3. The molecule has 0 heterocycles. The average Bonchev–Trinajstić information content (AvgIpc) is 2.23. The van der Waals surface area contributed by atoms with Crippen LogP contribution < -0.4 is 5.14 Å². The number of sulfonamides is 1. The van der Waals surface area contributed by atoms with Crippen molar-refractivity contribution in [2.24, 2.45) is 5.14 Å². The lowest BCUT2D eigenvalue weighted by Crippen LogP contribution is -2.16. The summed E-state index contributed by atoms with van der Waals surface area (Å²) in [6, 6.07) is 4.55. The number of aliphatic hydroxyl groups excluding tert-OH is 1. The Kier molecular flexibility index (Phi) is 4.35. The zero-order chi connectivity index (χ0) is 14.0. The van der Waals surface area contributed by atoms with Gasteiger partial charge in [0.15, 0.2) is 0 Å². The van der Waals surface area contributed by atoms with E-state index in [0.29, 0.717) is 5.56 Å². The molecule has 1 aromatic rings. The number of primary sulfonamides is 1. The number of benzene rings is 1. The quantitative estimate of drug-likeness (QED) is 0.629. The Hall–Kier alpha value is -1.13. The van der Waals surface area contributed by atoms with E-state index in [0.717, 1.165) is 0 Å². The molecule has 0 aliphatic heterocycles. The van der Waals surface area contributed by atoms with Crippen LogP contribution in [0.2, 0.25) is 19.6 Å². The topological polar surface area (TPSA) is 80.4 Å². The molecule has 98 valence electrons. The molecule has 3 N–H and O–H groups in total. The van der Waals surface area contributed by atoms with Crippen LogP contribution in [-0.4, -0.2) is 21.6 Å². The van der Waals surface area contributed by atoms with Crippen molar-refractivity contribution in [3.8, 4) is 11.5 Å². The van der Waals surface area contributed by atoms with Crippen molar-refractivity contribution in [3.05, 3.63) is 29.3 Å². The number of hydrogen-bond donors (Lipinski definition) is 2. The third kappa shape index (κ3) is 4.27. The predicted octanol–water partition coefficient (Wildman–Crippen LogP) is 1.06. The summed E-state index contributed by atoms with van der Waals surface area (Å²) in [6.07, 6.45) is 0. The van der Waals surface area contributed by atoms with Crippen molar-refractivity contribution in [3.63, 3.8) is 0 Å². The largest absolute Gasteiger partial charge is 0.392 e. The van der Waals surface area contributed by atoms with E-state index in [4.69, 9.17) is 5.14 Å². The molecule has 0 fully saturated rings. The first-order valence-corrected chi connectivity index (χ1v) is 10.5. The summed E-state index contributed by atoms with van der Waals surface area (Å²) in [7, 11) is -5.29. The zero-order valence-corrected chi connectivity index (χ0v) is 12.5. The smallest absolute Gasteiger partial charge is 0.238 e. The molecule has 0 spiro atoms. The maximum absolute atomic E-state index is 11.3. The summed E-state index contributed by atoms with van der Waals surface area (Å²) in [5.41, 5.74) is 4.14. The Balaban J connectivity index is 3.26. The van der Waals surface area contributed by atoms with Gasteiger partial charge in [-0.05, 0) is 23.8 Å². The molecule has 6 heteroatoms. The first-order chi connectivity index (χ1) is 8.13. The predicted molar refractivity (Wildman–Crippen MR) is 74.0 cm³/mol. The van der Waals surface area contributed by atoms with E-state index in [9.17, 15) is 13.5 Å². The maximum Gasteiger partial charge on any atom is 0.238 e. The Morgan fingerprint density at radius 3 is 2.39 bits per heavy atom. The van der Waals surface area contributed by atoms with Crippen LogP contribution in [0.5, 0.6) is 0 Å². The highest BCUT2D eigenvalue weighted by Crippen LogP contribution is 2.16. The lowest BCUT2D eigenvalue weighted by molar-refractivity contribution is 0.278. The molecule has 4 nitrogen and oxygen atoms in total. The Morgan fingerprint density at radius 1 is 1.33 bits per heavy atom. The third-order valence-electron chi connectivity index (χ3n) is 2.12. The minimum atomic E-state index is -3.81. The van der Waals surface area contributed by atoms with Gasteiger partial charge < -0.3 is 5.11 Å². The first-order valence-electron chi connectivity index (χ1n) is 5.43. The molecule has 0 aromatic heterocycles. The molecule has 0 saturated heterocycles. The molecule has 0 saturated carbocycles. The van der Waals surface area contributed by atoms with E-state index in [1.54, 1.807) is 12.1 Å². The molecule has 0 aliphatic rings. The van der Waals surface area contributed by atoms with Crippen LogP contribution in [0.4, 0.5) is 0 Å². The van der Waals surface area contributed by atoms with Crippen LogP contribution in [0.15, 0.2) is 23.1 Å². The molecular weight excluding hydrogens is 266 g/mol. The molecule has 0 radical (unpaired) electrons.